The van der Waals surface area contributed by atoms with E-state index in [2.05, 4.69) is 36.6 Å². The van der Waals surface area contributed by atoms with Crippen LogP contribution in [-0.4, -0.2) is 29.9 Å². The monoisotopic (exact) mass is 305 g/mol. The highest BCUT2D eigenvalue weighted by atomic mass is 15.3. The Morgan fingerprint density at radius 1 is 1.22 bits per heavy atom. The molecular weight excluding hydrogens is 290 g/mol. The molecule has 3 heterocycles. The zero-order chi connectivity index (χ0) is 15.6. The zero-order valence-electron chi connectivity index (χ0n) is 12.6. The number of pyridine rings is 1. The molecule has 0 aliphatic carbocycles. The lowest BCUT2D eigenvalue weighted by Gasteiger charge is -2.12. The molecular formula is C16H15N7. The van der Waals surface area contributed by atoms with E-state index in [9.17, 15) is 0 Å². The van der Waals surface area contributed by atoms with Crippen molar-refractivity contribution in [3.8, 4) is 0 Å². The fourth-order valence-corrected chi connectivity index (χ4v) is 2.61. The molecule has 2 N–H and O–H groups in total. The number of nitrogens with one attached hydrogen (secondary N) is 2. The van der Waals surface area contributed by atoms with Gasteiger partial charge in [0.15, 0.2) is 0 Å². The van der Waals surface area contributed by atoms with Gasteiger partial charge in [-0.1, -0.05) is 18.2 Å². The third kappa shape index (κ3) is 2.52. The number of fused-ring (bicyclic) bond motifs is 1. The van der Waals surface area contributed by atoms with Crippen molar-refractivity contribution in [2.45, 2.75) is 13.5 Å². The molecule has 0 amide bonds. The average Bonchev–Trinajstić information content (AvgIpc) is 3.20. The number of aromatic nitrogens is 6. The standard InChI is InChI=1S/C16H15N7/c1-11-15-14(22-21-11)6-7-18-16(15)20-13-5-3-2-4-12(13)8-23-10-17-9-19-23/h2-7,9-10H,8H2,1H3,(H,18,20)(H,21,22). The quantitative estimate of drug-likeness (QED) is 0.605. The first-order valence-corrected chi connectivity index (χ1v) is 7.28. The summed E-state index contributed by atoms with van der Waals surface area (Å²) in [6, 6.07) is 9.99. The smallest absolute Gasteiger partial charge is 0.141 e. The van der Waals surface area contributed by atoms with Gasteiger partial charge in [0.1, 0.15) is 18.5 Å². The molecule has 0 aliphatic heterocycles. The highest BCUT2D eigenvalue weighted by Gasteiger charge is 2.10. The van der Waals surface area contributed by atoms with Crippen LogP contribution >= 0.6 is 0 Å². The number of aromatic amines is 1. The molecule has 0 spiro atoms. The summed E-state index contributed by atoms with van der Waals surface area (Å²) in [5.41, 5.74) is 3.99. The molecule has 23 heavy (non-hydrogen) atoms. The highest BCUT2D eigenvalue weighted by Crippen LogP contribution is 2.27. The number of para-hydroxylation sites is 1. The number of hydrogen-bond acceptors (Lipinski definition) is 5. The first-order chi connectivity index (χ1) is 11.3. The van der Waals surface area contributed by atoms with Crippen LogP contribution in [0.1, 0.15) is 11.3 Å². The molecule has 0 fully saturated rings. The van der Waals surface area contributed by atoms with Crippen molar-refractivity contribution in [1.29, 1.82) is 0 Å². The maximum absolute atomic E-state index is 4.47. The summed E-state index contributed by atoms with van der Waals surface area (Å²) in [5.74, 6) is 0.791. The molecule has 0 atom stereocenters. The van der Waals surface area contributed by atoms with Crippen LogP contribution < -0.4 is 5.32 Å². The summed E-state index contributed by atoms with van der Waals surface area (Å²) in [6.45, 7) is 2.63. The summed E-state index contributed by atoms with van der Waals surface area (Å²) < 4.78 is 1.79. The summed E-state index contributed by atoms with van der Waals surface area (Å²) in [6.07, 6.45) is 4.99. The van der Waals surface area contributed by atoms with Gasteiger partial charge < -0.3 is 5.32 Å². The minimum Gasteiger partial charge on any atom is -0.339 e. The third-order valence-corrected chi connectivity index (χ3v) is 3.72. The molecule has 3 aromatic heterocycles. The molecule has 0 aliphatic rings. The molecule has 0 bridgehead atoms. The van der Waals surface area contributed by atoms with Gasteiger partial charge in [0.2, 0.25) is 0 Å². The second-order valence-electron chi connectivity index (χ2n) is 5.28. The lowest BCUT2D eigenvalue weighted by Crippen LogP contribution is -2.04. The minimum absolute atomic E-state index is 0.642. The number of benzene rings is 1. The Bertz CT molecular complexity index is 940. The molecule has 0 radical (unpaired) electrons. The fourth-order valence-electron chi connectivity index (χ4n) is 2.61. The zero-order valence-corrected chi connectivity index (χ0v) is 12.6. The van der Waals surface area contributed by atoms with Crippen molar-refractivity contribution in [2.75, 3.05) is 5.32 Å². The van der Waals surface area contributed by atoms with Gasteiger partial charge >= 0.3 is 0 Å². The molecule has 4 rings (SSSR count). The molecule has 1 aromatic carbocycles. The third-order valence-electron chi connectivity index (χ3n) is 3.72. The van der Waals surface area contributed by atoms with E-state index in [0.29, 0.717) is 6.54 Å². The number of rotatable bonds is 4. The van der Waals surface area contributed by atoms with E-state index in [1.807, 2.05) is 31.2 Å². The van der Waals surface area contributed by atoms with Crippen molar-refractivity contribution >= 4 is 22.4 Å². The van der Waals surface area contributed by atoms with Crippen LogP contribution in [0.5, 0.6) is 0 Å². The number of aryl methyl sites for hydroxylation is 1. The average molecular weight is 305 g/mol. The fraction of sp³-hybridized carbons (Fsp3) is 0.125. The molecule has 0 unspecified atom stereocenters. The second kappa shape index (κ2) is 5.53. The van der Waals surface area contributed by atoms with Gasteiger partial charge in [0, 0.05) is 17.6 Å². The van der Waals surface area contributed by atoms with Gasteiger partial charge in [-0.2, -0.15) is 10.2 Å². The Labute approximate surface area is 132 Å². The summed E-state index contributed by atoms with van der Waals surface area (Å²) in [7, 11) is 0. The Hall–Kier alpha value is -3.22. The molecule has 114 valence electrons. The molecule has 7 heteroatoms. The minimum atomic E-state index is 0.642. The number of anilines is 2. The van der Waals surface area contributed by atoms with E-state index < -0.39 is 0 Å². The number of nitrogens with zero attached hydrogens (tertiary/aromatic N) is 5. The summed E-state index contributed by atoms with van der Waals surface area (Å²) in [4.78, 5) is 8.45. The number of H-pyrrole nitrogens is 1. The Morgan fingerprint density at radius 3 is 3.00 bits per heavy atom. The van der Waals surface area contributed by atoms with E-state index in [-0.39, 0.29) is 0 Å². The lowest BCUT2D eigenvalue weighted by molar-refractivity contribution is 0.686. The molecule has 7 nitrogen and oxygen atoms in total. The van der Waals surface area contributed by atoms with Crippen LogP contribution in [0.4, 0.5) is 11.5 Å². The highest BCUT2D eigenvalue weighted by molar-refractivity contribution is 5.93. The first kappa shape index (κ1) is 13.4. The van der Waals surface area contributed by atoms with E-state index in [1.165, 1.54) is 6.33 Å². The van der Waals surface area contributed by atoms with E-state index in [0.717, 1.165) is 33.7 Å². The largest absolute Gasteiger partial charge is 0.339 e. The van der Waals surface area contributed by atoms with E-state index in [4.69, 9.17) is 0 Å². The van der Waals surface area contributed by atoms with Crippen molar-refractivity contribution < 1.29 is 0 Å². The molecule has 0 saturated heterocycles. The van der Waals surface area contributed by atoms with Gasteiger partial charge in [0.05, 0.1) is 17.4 Å². The van der Waals surface area contributed by atoms with Crippen molar-refractivity contribution in [2.24, 2.45) is 0 Å². The van der Waals surface area contributed by atoms with Crippen LogP contribution in [0.3, 0.4) is 0 Å². The Kier molecular flexibility index (Phi) is 3.23. The normalized spacial score (nSPS) is 11.0. The van der Waals surface area contributed by atoms with E-state index in [1.54, 1.807) is 17.2 Å². The first-order valence-electron chi connectivity index (χ1n) is 7.28. The lowest BCUT2D eigenvalue weighted by atomic mass is 10.1. The SMILES string of the molecule is Cc1[nH]nc2ccnc(Nc3ccccc3Cn3cncn3)c12. The van der Waals surface area contributed by atoms with Crippen molar-refractivity contribution in [3.63, 3.8) is 0 Å². The van der Waals surface area contributed by atoms with Crippen LogP contribution in [0.15, 0.2) is 49.2 Å². The van der Waals surface area contributed by atoms with Gasteiger partial charge in [-0.3, -0.25) is 5.10 Å². The summed E-state index contributed by atoms with van der Waals surface area (Å²) >= 11 is 0. The van der Waals surface area contributed by atoms with Crippen LogP contribution in [0, 0.1) is 6.92 Å². The topological polar surface area (TPSA) is 84.3 Å². The van der Waals surface area contributed by atoms with Gasteiger partial charge in [-0.25, -0.2) is 14.6 Å². The second-order valence-corrected chi connectivity index (χ2v) is 5.28. The number of hydrogen-bond donors (Lipinski definition) is 2. The Balaban J connectivity index is 1.72. The predicted molar refractivity (Wildman–Crippen MR) is 87.5 cm³/mol. The van der Waals surface area contributed by atoms with Crippen LogP contribution in [-0.2, 0) is 6.54 Å². The van der Waals surface area contributed by atoms with Gasteiger partial charge in [0.25, 0.3) is 0 Å². The molecule has 4 aromatic rings. The van der Waals surface area contributed by atoms with Crippen molar-refractivity contribution in [1.82, 2.24) is 29.9 Å². The van der Waals surface area contributed by atoms with Crippen molar-refractivity contribution in [3.05, 3.63) is 60.4 Å². The van der Waals surface area contributed by atoms with Crippen LogP contribution in [0.2, 0.25) is 0 Å². The van der Waals surface area contributed by atoms with E-state index >= 15 is 0 Å². The predicted octanol–water partition coefficient (Wildman–Crippen LogP) is 2.65. The maximum Gasteiger partial charge on any atom is 0.141 e. The molecule has 0 saturated carbocycles. The Morgan fingerprint density at radius 2 is 2.13 bits per heavy atom. The van der Waals surface area contributed by atoms with Gasteiger partial charge in [-0.05, 0) is 24.6 Å². The maximum atomic E-state index is 4.47. The van der Waals surface area contributed by atoms with Gasteiger partial charge in [-0.15, -0.1) is 0 Å². The van der Waals surface area contributed by atoms with Crippen LogP contribution in [0.25, 0.3) is 10.9 Å². The summed E-state index contributed by atoms with van der Waals surface area (Å²) in [5, 5.41) is 15.9.